The number of benzene rings is 1. The van der Waals surface area contributed by atoms with Crippen LogP contribution in [0.2, 0.25) is 0 Å². The summed E-state index contributed by atoms with van der Waals surface area (Å²) in [4.78, 5) is 1.19. The highest BCUT2D eigenvalue weighted by molar-refractivity contribution is 7.99. The fourth-order valence-electron chi connectivity index (χ4n) is 1.09. The van der Waals surface area contributed by atoms with Crippen molar-refractivity contribution in [3.8, 4) is 5.75 Å². The highest BCUT2D eigenvalue weighted by Crippen LogP contribution is 2.28. The van der Waals surface area contributed by atoms with Crippen molar-refractivity contribution < 1.29 is 4.74 Å². The van der Waals surface area contributed by atoms with Crippen molar-refractivity contribution >= 4 is 11.8 Å². The van der Waals surface area contributed by atoms with E-state index in [4.69, 9.17) is 10.5 Å². The molecule has 1 unspecified atom stereocenters. The molecule has 0 saturated heterocycles. The Morgan fingerprint density at radius 3 is 2.79 bits per heavy atom. The molecule has 14 heavy (non-hydrogen) atoms. The van der Waals surface area contributed by atoms with Crippen molar-refractivity contribution in [3.05, 3.63) is 24.3 Å². The van der Waals surface area contributed by atoms with Gasteiger partial charge in [0.2, 0.25) is 0 Å². The maximum Gasteiger partial charge on any atom is 0.132 e. The Labute approximate surface area is 89.8 Å². The maximum atomic E-state index is 5.68. The lowest BCUT2D eigenvalue weighted by molar-refractivity contribution is 0.405. The lowest BCUT2D eigenvalue weighted by Gasteiger charge is -2.08. The number of thioether (sulfide) groups is 1. The van der Waals surface area contributed by atoms with Gasteiger partial charge in [0.15, 0.2) is 0 Å². The lowest BCUT2D eigenvalue weighted by Crippen LogP contribution is -2.15. The van der Waals surface area contributed by atoms with Crippen molar-refractivity contribution in [2.75, 3.05) is 12.9 Å². The van der Waals surface area contributed by atoms with Crippen LogP contribution >= 0.6 is 11.8 Å². The van der Waals surface area contributed by atoms with E-state index in [0.29, 0.717) is 0 Å². The molecule has 1 aromatic carbocycles. The molecule has 78 valence electrons. The van der Waals surface area contributed by atoms with Crippen molar-refractivity contribution in [2.45, 2.75) is 24.3 Å². The standard InChI is InChI=1S/C11H17NOS/c1-9(12)7-8-14-11-6-4-3-5-10(11)13-2/h3-6,9H,7-8,12H2,1-2H3. The van der Waals surface area contributed by atoms with E-state index < -0.39 is 0 Å². The molecule has 0 radical (unpaired) electrons. The molecule has 0 fully saturated rings. The average Bonchev–Trinajstić information content (AvgIpc) is 2.18. The van der Waals surface area contributed by atoms with Crippen LogP contribution in [0.5, 0.6) is 5.75 Å². The molecule has 1 rings (SSSR count). The Morgan fingerprint density at radius 1 is 1.43 bits per heavy atom. The highest BCUT2D eigenvalue weighted by Gasteiger charge is 2.02. The molecule has 0 saturated carbocycles. The van der Waals surface area contributed by atoms with Gasteiger partial charge >= 0.3 is 0 Å². The first-order valence-electron chi connectivity index (χ1n) is 4.75. The zero-order valence-corrected chi connectivity index (χ0v) is 9.51. The molecular weight excluding hydrogens is 194 g/mol. The van der Waals surface area contributed by atoms with Gasteiger partial charge in [-0.1, -0.05) is 12.1 Å². The lowest BCUT2D eigenvalue weighted by atomic mass is 10.3. The number of rotatable bonds is 5. The SMILES string of the molecule is COc1ccccc1SCCC(C)N. The van der Waals surface area contributed by atoms with Crippen LogP contribution in [0, 0.1) is 0 Å². The summed E-state index contributed by atoms with van der Waals surface area (Å²) in [6.07, 6.45) is 1.03. The summed E-state index contributed by atoms with van der Waals surface area (Å²) in [6, 6.07) is 8.33. The fraction of sp³-hybridized carbons (Fsp3) is 0.455. The Balaban J connectivity index is 2.49. The van der Waals surface area contributed by atoms with E-state index in [1.54, 1.807) is 18.9 Å². The van der Waals surface area contributed by atoms with Crippen molar-refractivity contribution in [3.63, 3.8) is 0 Å². The molecule has 1 aromatic rings. The second kappa shape index (κ2) is 5.94. The molecule has 0 heterocycles. The van der Waals surface area contributed by atoms with E-state index in [1.165, 1.54) is 4.90 Å². The number of ether oxygens (including phenoxy) is 1. The van der Waals surface area contributed by atoms with Gasteiger partial charge in [-0.05, 0) is 31.2 Å². The minimum Gasteiger partial charge on any atom is -0.496 e. The van der Waals surface area contributed by atoms with Crippen LogP contribution in [-0.4, -0.2) is 18.9 Å². The third kappa shape index (κ3) is 3.60. The predicted molar refractivity (Wildman–Crippen MR) is 62.0 cm³/mol. The summed E-state index contributed by atoms with van der Waals surface area (Å²) >= 11 is 1.79. The summed E-state index contributed by atoms with van der Waals surface area (Å²) in [5.41, 5.74) is 5.68. The number of nitrogens with two attached hydrogens (primary N) is 1. The molecule has 0 spiro atoms. The van der Waals surface area contributed by atoms with Gasteiger partial charge in [-0.15, -0.1) is 11.8 Å². The number of methoxy groups -OCH3 is 1. The molecule has 3 heteroatoms. The molecule has 0 aliphatic rings. The average molecular weight is 211 g/mol. The number of para-hydroxylation sites is 1. The quantitative estimate of drug-likeness (QED) is 0.760. The maximum absolute atomic E-state index is 5.68. The Bertz CT molecular complexity index is 276. The predicted octanol–water partition coefficient (Wildman–Crippen LogP) is 2.52. The largest absolute Gasteiger partial charge is 0.496 e. The summed E-state index contributed by atoms with van der Waals surface area (Å²) < 4.78 is 5.25. The van der Waals surface area contributed by atoms with Gasteiger partial charge in [-0.3, -0.25) is 0 Å². The van der Waals surface area contributed by atoms with Gasteiger partial charge in [-0.25, -0.2) is 0 Å². The summed E-state index contributed by atoms with van der Waals surface area (Å²) in [5.74, 6) is 1.99. The second-order valence-electron chi connectivity index (χ2n) is 3.27. The Morgan fingerprint density at radius 2 is 2.14 bits per heavy atom. The minimum absolute atomic E-state index is 0.275. The zero-order valence-electron chi connectivity index (χ0n) is 8.69. The number of hydrogen-bond acceptors (Lipinski definition) is 3. The van der Waals surface area contributed by atoms with Gasteiger partial charge in [0.25, 0.3) is 0 Å². The molecule has 1 atom stereocenters. The molecule has 0 amide bonds. The van der Waals surface area contributed by atoms with E-state index >= 15 is 0 Å². The fourth-order valence-corrected chi connectivity index (χ4v) is 2.27. The highest BCUT2D eigenvalue weighted by atomic mass is 32.2. The first-order chi connectivity index (χ1) is 6.74. The van der Waals surface area contributed by atoms with E-state index in [2.05, 4.69) is 6.07 Å². The van der Waals surface area contributed by atoms with Gasteiger partial charge in [0, 0.05) is 10.9 Å². The topological polar surface area (TPSA) is 35.2 Å². The van der Waals surface area contributed by atoms with Gasteiger partial charge in [0.05, 0.1) is 7.11 Å². The van der Waals surface area contributed by atoms with Crippen LogP contribution in [0.1, 0.15) is 13.3 Å². The van der Waals surface area contributed by atoms with E-state index in [0.717, 1.165) is 17.9 Å². The van der Waals surface area contributed by atoms with Crippen molar-refractivity contribution in [1.82, 2.24) is 0 Å². The zero-order chi connectivity index (χ0) is 10.4. The Kier molecular flexibility index (Phi) is 4.84. The summed E-state index contributed by atoms with van der Waals surface area (Å²) in [7, 11) is 1.70. The molecular formula is C11H17NOS. The van der Waals surface area contributed by atoms with Gasteiger partial charge in [-0.2, -0.15) is 0 Å². The van der Waals surface area contributed by atoms with E-state index in [1.807, 2.05) is 25.1 Å². The second-order valence-corrected chi connectivity index (χ2v) is 4.40. The van der Waals surface area contributed by atoms with Crippen LogP contribution in [-0.2, 0) is 0 Å². The van der Waals surface area contributed by atoms with Crippen LogP contribution < -0.4 is 10.5 Å². The summed E-state index contributed by atoms with van der Waals surface area (Å²) in [5, 5.41) is 0. The van der Waals surface area contributed by atoms with Crippen LogP contribution in [0.4, 0.5) is 0 Å². The van der Waals surface area contributed by atoms with Crippen LogP contribution in [0.3, 0.4) is 0 Å². The van der Waals surface area contributed by atoms with E-state index in [-0.39, 0.29) is 6.04 Å². The molecule has 0 aliphatic heterocycles. The first-order valence-corrected chi connectivity index (χ1v) is 5.74. The molecule has 0 aliphatic carbocycles. The monoisotopic (exact) mass is 211 g/mol. The smallest absolute Gasteiger partial charge is 0.132 e. The van der Waals surface area contributed by atoms with Gasteiger partial charge < -0.3 is 10.5 Å². The van der Waals surface area contributed by atoms with Crippen molar-refractivity contribution in [1.29, 1.82) is 0 Å². The van der Waals surface area contributed by atoms with Crippen LogP contribution in [0.15, 0.2) is 29.2 Å². The number of hydrogen-bond donors (Lipinski definition) is 1. The minimum atomic E-state index is 0.275. The third-order valence-corrected chi connectivity index (χ3v) is 2.99. The Hall–Kier alpha value is -0.670. The molecule has 0 aromatic heterocycles. The first kappa shape index (κ1) is 11.4. The molecule has 2 N–H and O–H groups in total. The summed E-state index contributed by atoms with van der Waals surface area (Å²) in [6.45, 7) is 2.03. The van der Waals surface area contributed by atoms with Gasteiger partial charge in [0.1, 0.15) is 5.75 Å². The normalized spacial score (nSPS) is 12.5. The van der Waals surface area contributed by atoms with Crippen molar-refractivity contribution in [2.24, 2.45) is 5.73 Å². The van der Waals surface area contributed by atoms with E-state index in [9.17, 15) is 0 Å². The molecule has 2 nitrogen and oxygen atoms in total. The van der Waals surface area contributed by atoms with Crippen LogP contribution in [0.25, 0.3) is 0 Å². The molecule has 0 bridgehead atoms. The third-order valence-electron chi connectivity index (χ3n) is 1.90.